The number of anilines is 1. The number of benzene rings is 1. The predicted octanol–water partition coefficient (Wildman–Crippen LogP) is 4.04. The molecule has 0 bridgehead atoms. The molecule has 26 heavy (non-hydrogen) atoms. The van der Waals surface area contributed by atoms with E-state index in [4.69, 9.17) is 4.42 Å². The second-order valence-electron chi connectivity index (χ2n) is 6.23. The highest BCUT2D eigenvalue weighted by molar-refractivity contribution is 9.10. The van der Waals surface area contributed by atoms with Crippen molar-refractivity contribution in [2.45, 2.75) is 26.2 Å². The third-order valence-electron chi connectivity index (χ3n) is 3.98. The monoisotopic (exact) mass is 416 g/mol. The number of aryl methyl sites for hydroxylation is 1. The number of furan rings is 1. The molecule has 6 nitrogen and oxygen atoms in total. The number of aromatic nitrogens is 2. The normalized spacial score (nSPS) is 11.5. The summed E-state index contributed by atoms with van der Waals surface area (Å²) in [6.07, 6.45) is 4.20. The van der Waals surface area contributed by atoms with Gasteiger partial charge >= 0.3 is 0 Å². The van der Waals surface area contributed by atoms with E-state index in [9.17, 15) is 4.79 Å². The first-order valence-electron chi connectivity index (χ1n) is 8.52. The van der Waals surface area contributed by atoms with Crippen LogP contribution in [-0.2, 0) is 6.42 Å². The van der Waals surface area contributed by atoms with Crippen LogP contribution in [0.15, 0.2) is 49.1 Å². The van der Waals surface area contributed by atoms with E-state index in [2.05, 4.69) is 32.9 Å². The van der Waals surface area contributed by atoms with E-state index in [0.29, 0.717) is 28.9 Å². The molecule has 136 valence electrons. The molecule has 0 fully saturated rings. The van der Waals surface area contributed by atoms with Crippen LogP contribution >= 0.6 is 15.9 Å². The Morgan fingerprint density at radius 3 is 2.81 bits per heavy atom. The highest BCUT2D eigenvalue weighted by Gasteiger charge is 2.11. The molecule has 1 aromatic carbocycles. The summed E-state index contributed by atoms with van der Waals surface area (Å²) in [4.78, 5) is 19.5. The molecule has 3 aromatic rings. The fraction of sp³-hybridized carbons (Fsp3) is 0.316. The average molecular weight is 417 g/mol. The van der Waals surface area contributed by atoms with Crippen molar-refractivity contribution in [3.8, 4) is 0 Å². The minimum absolute atomic E-state index is 0.182. The zero-order valence-corrected chi connectivity index (χ0v) is 16.7. The van der Waals surface area contributed by atoms with Gasteiger partial charge in [0.2, 0.25) is 0 Å². The first-order chi connectivity index (χ1) is 12.5. The maximum atomic E-state index is 12.9. The van der Waals surface area contributed by atoms with E-state index in [-0.39, 0.29) is 5.56 Å². The number of rotatable bonds is 6. The lowest BCUT2D eigenvalue weighted by molar-refractivity contribution is 0.557. The lowest BCUT2D eigenvalue weighted by Crippen LogP contribution is -2.22. The molecule has 0 aliphatic rings. The first kappa shape index (κ1) is 18.4. The first-order valence-corrected chi connectivity index (χ1v) is 9.31. The summed E-state index contributed by atoms with van der Waals surface area (Å²) in [6, 6.07) is 9.19. The van der Waals surface area contributed by atoms with Crippen LogP contribution in [0.1, 0.15) is 31.4 Å². The Labute approximate surface area is 160 Å². The smallest absolute Gasteiger partial charge is 0.282 e. The van der Waals surface area contributed by atoms with Crippen LogP contribution < -0.4 is 10.5 Å². The summed E-state index contributed by atoms with van der Waals surface area (Å²) < 4.78 is 7.88. The van der Waals surface area contributed by atoms with Crippen LogP contribution in [0.4, 0.5) is 5.88 Å². The Morgan fingerprint density at radius 1 is 1.31 bits per heavy atom. The molecule has 3 rings (SSSR count). The molecule has 0 aliphatic carbocycles. The molecule has 0 spiro atoms. The van der Waals surface area contributed by atoms with Crippen molar-refractivity contribution < 1.29 is 4.42 Å². The van der Waals surface area contributed by atoms with Crippen LogP contribution in [0.3, 0.4) is 0 Å². The van der Waals surface area contributed by atoms with Crippen molar-refractivity contribution in [3.05, 3.63) is 56.7 Å². The van der Waals surface area contributed by atoms with Gasteiger partial charge in [0.15, 0.2) is 5.88 Å². The van der Waals surface area contributed by atoms with Crippen LogP contribution in [0, 0.1) is 0 Å². The third-order valence-corrected chi connectivity index (χ3v) is 4.48. The molecule has 0 N–H and O–H groups in total. The maximum absolute atomic E-state index is 12.9. The number of unbranched alkanes of at least 4 members (excludes halogenated alkanes) is 1. The fourth-order valence-corrected chi connectivity index (χ4v) is 2.94. The van der Waals surface area contributed by atoms with Crippen LogP contribution in [0.25, 0.3) is 10.9 Å². The van der Waals surface area contributed by atoms with Gasteiger partial charge in [0.25, 0.3) is 5.56 Å². The summed E-state index contributed by atoms with van der Waals surface area (Å²) in [5.41, 5.74) is 0.502. The van der Waals surface area contributed by atoms with Crippen molar-refractivity contribution in [3.63, 3.8) is 0 Å². The number of fused-ring (bicyclic) bond motifs is 1. The van der Waals surface area contributed by atoms with E-state index in [1.807, 2.05) is 43.3 Å². The van der Waals surface area contributed by atoms with Crippen molar-refractivity contribution in [1.82, 2.24) is 9.66 Å². The highest BCUT2D eigenvalue weighted by atomic mass is 79.9. The second-order valence-corrected chi connectivity index (χ2v) is 7.14. The lowest BCUT2D eigenvalue weighted by Gasteiger charge is -2.09. The van der Waals surface area contributed by atoms with Gasteiger partial charge in [0.05, 0.1) is 17.1 Å². The van der Waals surface area contributed by atoms with E-state index in [1.165, 1.54) is 4.68 Å². The van der Waals surface area contributed by atoms with Crippen LogP contribution in [0.2, 0.25) is 0 Å². The topological polar surface area (TPSA) is 63.6 Å². The molecule has 0 unspecified atom stereocenters. The Morgan fingerprint density at radius 2 is 2.12 bits per heavy atom. The third kappa shape index (κ3) is 3.88. The van der Waals surface area contributed by atoms with Gasteiger partial charge in [0.1, 0.15) is 11.6 Å². The van der Waals surface area contributed by atoms with Crippen molar-refractivity contribution in [2.24, 2.45) is 5.10 Å². The Bertz CT molecular complexity index is 1000. The Hall–Kier alpha value is -2.41. The fourth-order valence-electron chi connectivity index (χ4n) is 2.58. The molecule has 0 saturated carbocycles. The second kappa shape index (κ2) is 7.86. The molecule has 0 saturated heterocycles. The average Bonchev–Trinajstić information content (AvgIpc) is 3.09. The largest absolute Gasteiger partial charge is 0.440 e. The van der Waals surface area contributed by atoms with E-state index < -0.39 is 0 Å². The molecular weight excluding hydrogens is 396 g/mol. The van der Waals surface area contributed by atoms with Gasteiger partial charge in [-0.1, -0.05) is 29.3 Å². The SMILES string of the molecule is CCCCc1nc2ccc(Br)cc2c(=O)n1N=Cc1ccc(N(C)C)o1. The Kier molecular flexibility index (Phi) is 5.56. The summed E-state index contributed by atoms with van der Waals surface area (Å²) in [5.74, 6) is 1.96. The summed E-state index contributed by atoms with van der Waals surface area (Å²) >= 11 is 3.41. The van der Waals surface area contributed by atoms with E-state index >= 15 is 0 Å². The Balaban J connectivity index is 2.07. The minimum atomic E-state index is -0.182. The molecule has 0 atom stereocenters. The maximum Gasteiger partial charge on any atom is 0.282 e. The highest BCUT2D eigenvalue weighted by Crippen LogP contribution is 2.17. The van der Waals surface area contributed by atoms with Crippen molar-refractivity contribution in [1.29, 1.82) is 0 Å². The number of halogens is 1. The van der Waals surface area contributed by atoms with Gasteiger partial charge in [-0.2, -0.15) is 9.78 Å². The summed E-state index contributed by atoms with van der Waals surface area (Å²) in [5, 5.41) is 4.90. The molecule has 0 radical (unpaired) electrons. The number of hydrogen-bond donors (Lipinski definition) is 0. The molecule has 0 amide bonds. The molecule has 0 aliphatic heterocycles. The summed E-state index contributed by atoms with van der Waals surface area (Å²) in [6.45, 7) is 2.11. The van der Waals surface area contributed by atoms with E-state index in [1.54, 1.807) is 12.3 Å². The standard InChI is InChI=1S/C19H21BrN4O2/c1-4-5-6-17-22-16-9-7-13(20)11-15(16)19(25)24(17)21-12-14-8-10-18(26-14)23(2)3/h7-12H,4-6H2,1-3H3. The molecular formula is C19H21BrN4O2. The molecule has 2 heterocycles. The van der Waals surface area contributed by atoms with Gasteiger partial charge in [-0.15, -0.1) is 0 Å². The number of hydrogen-bond acceptors (Lipinski definition) is 5. The van der Waals surface area contributed by atoms with Crippen molar-refractivity contribution in [2.75, 3.05) is 19.0 Å². The van der Waals surface area contributed by atoms with Crippen molar-refractivity contribution >= 4 is 38.9 Å². The molecule has 2 aromatic heterocycles. The van der Waals surface area contributed by atoms with Gasteiger partial charge in [-0.05, 0) is 30.7 Å². The summed E-state index contributed by atoms with van der Waals surface area (Å²) in [7, 11) is 3.80. The zero-order valence-electron chi connectivity index (χ0n) is 15.1. The van der Waals surface area contributed by atoms with Gasteiger partial charge in [-0.3, -0.25) is 4.79 Å². The van der Waals surface area contributed by atoms with E-state index in [0.717, 1.165) is 23.2 Å². The quantitative estimate of drug-likeness (QED) is 0.568. The van der Waals surface area contributed by atoms with Crippen LogP contribution in [0.5, 0.6) is 0 Å². The van der Waals surface area contributed by atoms with Gasteiger partial charge in [0, 0.05) is 31.1 Å². The molecule has 7 heteroatoms. The minimum Gasteiger partial charge on any atom is -0.440 e. The zero-order chi connectivity index (χ0) is 18.7. The van der Waals surface area contributed by atoms with Gasteiger partial charge < -0.3 is 9.32 Å². The lowest BCUT2D eigenvalue weighted by atomic mass is 10.2. The van der Waals surface area contributed by atoms with Crippen LogP contribution in [-0.4, -0.2) is 30.0 Å². The van der Waals surface area contributed by atoms with Gasteiger partial charge in [-0.25, -0.2) is 4.98 Å². The predicted molar refractivity (Wildman–Crippen MR) is 108 cm³/mol. The number of nitrogens with zero attached hydrogens (tertiary/aromatic N) is 4.